The van der Waals surface area contributed by atoms with Gasteiger partial charge in [0.05, 0.1) is 0 Å². The Bertz CT molecular complexity index is 8.75. The van der Waals surface area contributed by atoms with Crippen molar-refractivity contribution < 1.29 is 21.7 Å². The van der Waals surface area contributed by atoms with E-state index in [4.69, 9.17) is 0 Å². The molecule has 4 heteroatoms. The molecule has 0 saturated heterocycles. The molecule has 0 radical (unpaired) electrons. The smallest absolute Gasteiger partial charge is 0 e. The van der Waals surface area contributed by atoms with E-state index in [1.165, 1.54) is 0 Å². The van der Waals surface area contributed by atoms with Crippen LogP contribution >= 0.6 is 50.9 Å². The molecule has 0 aliphatic rings. The number of rotatable bonds is 0. The Morgan fingerprint density at radius 2 is 0.667 bits per heavy atom. The third-order valence-corrected chi connectivity index (χ3v) is 0. The van der Waals surface area contributed by atoms with Crippen LogP contribution in [-0.4, -0.2) is 0 Å². The zero-order chi connectivity index (χ0) is 2.00. The zero-order valence-electron chi connectivity index (χ0n) is 3.72. The summed E-state index contributed by atoms with van der Waals surface area (Å²) in [5, 5.41) is 0. The van der Waals surface area contributed by atoms with Crippen molar-refractivity contribution in [1.29, 1.82) is 0 Å². The second kappa shape index (κ2) is 58.4. The minimum absolute atomic E-state index is 0. The molecular weight excluding hydrogens is 312 g/mol. The second-order valence-corrected chi connectivity index (χ2v) is 0. The van der Waals surface area contributed by atoms with Crippen LogP contribution in [-0.2, 0) is 21.7 Å². The summed E-state index contributed by atoms with van der Waals surface area (Å²) in [6, 6.07) is 0. The van der Waals surface area contributed by atoms with Gasteiger partial charge in [-0.2, -0.15) is 0 Å². The molecule has 0 aromatic carbocycles. The van der Waals surface area contributed by atoms with Crippen molar-refractivity contribution in [1.82, 2.24) is 0 Å². The maximum absolute atomic E-state index is 2.00. The quantitative estimate of drug-likeness (QED) is 0.602. The van der Waals surface area contributed by atoms with Crippen LogP contribution in [0.15, 0.2) is 0 Å². The van der Waals surface area contributed by atoms with Crippen LogP contribution in [0.25, 0.3) is 0 Å². The summed E-state index contributed by atoms with van der Waals surface area (Å²) in [7, 11) is 0. The molecule has 0 heterocycles. The Morgan fingerprint density at radius 1 is 0.667 bits per heavy atom. The van der Waals surface area contributed by atoms with Gasteiger partial charge in [-0.3, -0.25) is 0 Å². The van der Waals surface area contributed by atoms with E-state index in [1.807, 2.05) is 13.8 Å². The number of hydrogen-bond donors (Lipinski definition) is 0. The predicted molar refractivity (Wildman–Crippen MR) is 42.3 cm³/mol. The molecule has 0 spiro atoms. The van der Waals surface area contributed by atoms with Gasteiger partial charge in [-0.15, -0.1) is 50.9 Å². The van der Waals surface area contributed by atoms with Crippen molar-refractivity contribution in [3.8, 4) is 0 Å². The van der Waals surface area contributed by atoms with Crippen molar-refractivity contribution in [3.63, 3.8) is 0 Å². The summed E-state index contributed by atoms with van der Waals surface area (Å²) in [5.74, 6) is 0. The summed E-state index contributed by atoms with van der Waals surface area (Å²) in [5.41, 5.74) is 0. The molecule has 0 aromatic rings. The fraction of sp³-hybridized carbons (Fsp3) is 1.00. The number of halogens is 3. The van der Waals surface area contributed by atoms with Gasteiger partial charge in [-0.25, -0.2) is 0 Å². The summed E-state index contributed by atoms with van der Waals surface area (Å²) in [4.78, 5) is 0. The molecule has 0 rings (SSSR count). The minimum atomic E-state index is 0. The van der Waals surface area contributed by atoms with Crippen molar-refractivity contribution in [2.75, 3.05) is 0 Å². The first-order chi connectivity index (χ1) is 1.00. The molecule has 0 amide bonds. The van der Waals surface area contributed by atoms with E-state index >= 15 is 0 Å². The van der Waals surface area contributed by atoms with Gasteiger partial charge in [0.25, 0.3) is 0 Å². The van der Waals surface area contributed by atoms with E-state index in [-0.39, 0.29) is 72.7 Å². The van der Waals surface area contributed by atoms with Crippen molar-refractivity contribution in [2.24, 2.45) is 0 Å². The average Bonchev–Trinajstić information content (AvgIpc) is 1.00. The van der Waals surface area contributed by atoms with E-state index in [0.29, 0.717) is 0 Å². The SMILES string of the molecule is Br.Br.Br.CC.[Ti]. The molecule has 0 fully saturated rings. The van der Waals surface area contributed by atoms with Crippen molar-refractivity contribution >= 4 is 50.9 Å². The first kappa shape index (κ1) is 41.9. The van der Waals surface area contributed by atoms with Gasteiger partial charge in [-0.1, -0.05) is 13.8 Å². The molecule has 0 aliphatic carbocycles. The zero-order valence-corrected chi connectivity index (χ0v) is 10.4. The third kappa shape index (κ3) is 35.2. The topological polar surface area (TPSA) is 0 Å². The second-order valence-electron chi connectivity index (χ2n) is 0. The van der Waals surface area contributed by atoms with Gasteiger partial charge in [0.15, 0.2) is 0 Å². The van der Waals surface area contributed by atoms with Gasteiger partial charge in [0, 0.05) is 21.7 Å². The van der Waals surface area contributed by atoms with Crippen molar-refractivity contribution in [2.45, 2.75) is 13.8 Å². The molecule has 6 heavy (non-hydrogen) atoms. The van der Waals surface area contributed by atoms with Gasteiger partial charge in [-0.05, 0) is 0 Å². The fourth-order valence-electron chi connectivity index (χ4n) is 0. The fourth-order valence-corrected chi connectivity index (χ4v) is 0. The molecule has 0 saturated carbocycles. The Morgan fingerprint density at radius 3 is 0.667 bits per heavy atom. The van der Waals surface area contributed by atoms with E-state index in [0.717, 1.165) is 0 Å². The van der Waals surface area contributed by atoms with Gasteiger partial charge in [0.2, 0.25) is 0 Å². The minimum Gasteiger partial charge on any atom is -0.114 e. The van der Waals surface area contributed by atoms with E-state index < -0.39 is 0 Å². The maximum Gasteiger partial charge on any atom is 0 e. The van der Waals surface area contributed by atoms with Crippen LogP contribution in [0.4, 0.5) is 0 Å². The van der Waals surface area contributed by atoms with E-state index in [2.05, 4.69) is 0 Å². The first-order valence-corrected chi connectivity index (χ1v) is 1.00. The Labute approximate surface area is 85.6 Å². The maximum atomic E-state index is 2.00. The van der Waals surface area contributed by atoms with Crippen LogP contribution in [0.3, 0.4) is 0 Å². The first-order valence-electron chi connectivity index (χ1n) is 1.00. The Kier molecular flexibility index (Phi) is 408. The Balaban J connectivity index is -0.000000000833. The van der Waals surface area contributed by atoms with Crippen LogP contribution in [0.5, 0.6) is 0 Å². The predicted octanol–water partition coefficient (Wildman–Crippen LogP) is 2.76. The molecule has 0 unspecified atom stereocenters. The van der Waals surface area contributed by atoms with Crippen LogP contribution in [0, 0.1) is 0 Å². The van der Waals surface area contributed by atoms with Gasteiger partial charge < -0.3 is 0 Å². The molecule has 0 atom stereocenters. The number of hydrogen-bond acceptors (Lipinski definition) is 0. The monoisotopic (exact) mass is 318 g/mol. The third-order valence-electron chi connectivity index (χ3n) is 0. The van der Waals surface area contributed by atoms with Gasteiger partial charge in [0.1, 0.15) is 0 Å². The largest absolute Gasteiger partial charge is 0.114 e. The standard InChI is InChI=1S/C2H6.3BrH.Ti/c1-2;;;;/h1-2H3;3*1H;. The average molecular weight is 321 g/mol. The summed E-state index contributed by atoms with van der Waals surface area (Å²) < 4.78 is 0. The summed E-state index contributed by atoms with van der Waals surface area (Å²) >= 11 is 0. The normalized spacial score (nSPS) is 1.00. The molecule has 0 nitrogen and oxygen atoms in total. The van der Waals surface area contributed by atoms with Crippen LogP contribution < -0.4 is 0 Å². The summed E-state index contributed by atoms with van der Waals surface area (Å²) in [6.07, 6.45) is 0. The summed E-state index contributed by atoms with van der Waals surface area (Å²) in [6.45, 7) is 4.00. The Hall–Kier alpha value is 2.15. The van der Waals surface area contributed by atoms with Crippen LogP contribution in [0.2, 0.25) is 0 Å². The van der Waals surface area contributed by atoms with E-state index in [1.54, 1.807) is 0 Å². The molecule has 0 bridgehead atoms. The van der Waals surface area contributed by atoms with Gasteiger partial charge >= 0.3 is 0 Å². The molecular formula is C2H9Br3Ti. The van der Waals surface area contributed by atoms with Crippen molar-refractivity contribution in [3.05, 3.63) is 0 Å². The van der Waals surface area contributed by atoms with E-state index in [9.17, 15) is 0 Å². The molecule has 0 aliphatic heterocycles. The van der Waals surface area contributed by atoms with Crippen LogP contribution in [0.1, 0.15) is 13.8 Å². The molecule has 0 N–H and O–H groups in total. The molecule has 0 aromatic heterocycles. The molecule has 42 valence electrons.